The van der Waals surface area contributed by atoms with Crippen LogP contribution in [0.3, 0.4) is 0 Å². The lowest BCUT2D eigenvalue weighted by Gasteiger charge is -2.12. The Morgan fingerprint density at radius 2 is 2.12 bits per heavy atom. The van der Waals surface area contributed by atoms with Gasteiger partial charge in [-0.25, -0.2) is 0 Å². The van der Waals surface area contributed by atoms with Crippen LogP contribution in [0.1, 0.15) is 36.6 Å². The number of hydrogen-bond donors (Lipinski definition) is 2. The molecule has 0 amide bonds. The van der Waals surface area contributed by atoms with E-state index in [0.717, 1.165) is 49.2 Å². The van der Waals surface area contributed by atoms with Gasteiger partial charge in [0.15, 0.2) is 11.8 Å². The number of aromatic nitrogens is 4. The van der Waals surface area contributed by atoms with Crippen LogP contribution in [0.25, 0.3) is 0 Å². The van der Waals surface area contributed by atoms with Crippen molar-refractivity contribution in [1.82, 2.24) is 30.4 Å². The summed E-state index contributed by atoms with van der Waals surface area (Å²) in [5.41, 5.74) is 1.07. The molecule has 136 valence electrons. The maximum Gasteiger partial charge on any atom is 0.191 e. The molecule has 3 heterocycles. The fourth-order valence-electron chi connectivity index (χ4n) is 2.91. The average molecular weight is 455 g/mol. The monoisotopic (exact) mass is 455 g/mol. The van der Waals surface area contributed by atoms with Crippen molar-refractivity contribution in [2.75, 3.05) is 13.6 Å². The van der Waals surface area contributed by atoms with Crippen molar-refractivity contribution in [1.29, 1.82) is 0 Å². The number of pyridine rings is 1. The van der Waals surface area contributed by atoms with Crippen molar-refractivity contribution in [2.24, 2.45) is 4.99 Å². The molecule has 2 aromatic heterocycles. The smallest absolute Gasteiger partial charge is 0.191 e. The highest BCUT2D eigenvalue weighted by molar-refractivity contribution is 14.0. The number of aryl methyl sites for hydroxylation is 1. The van der Waals surface area contributed by atoms with Crippen LogP contribution in [0.2, 0.25) is 0 Å². The van der Waals surface area contributed by atoms with Crippen LogP contribution in [0.5, 0.6) is 0 Å². The molecule has 1 aliphatic heterocycles. The molecule has 0 saturated heterocycles. The second-order valence-electron chi connectivity index (χ2n) is 5.92. The standard InChI is InChI=1S/C17H25N7.HI/c1-18-17(20-11-9-14-7-4-5-10-19-14)21-13-16-23-22-15-8-3-2-6-12-24(15)16;/h4-5,7,10H,2-3,6,8-9,11-13H2,1H3,(H2,18,20,21);1H. The van der Waals surface area contributed by atoms with Crippen molar-refractivity contribution in [3.05, 3.63) is 41.7 Å². The van der Waals surface area contributed by atoms with Gasteiger partial charge in [-0.1, -0.05) is 12.5 Å². The minimum atomic E-state index is 0. The third-order valence-corrected chi connectivity index (χ3v) is 4.22. The summed E-state index contributed by atoms with van der Waals surface area (Å²) in [5.74, 6) is 2.87. The predicted molar refractivity (Wildman–Crippen MR) is 109 cm³/mol. The number of nitrogens with one attached hydrogen (secondary N) is 2. The topological polar surface area (TPSA) is 80.0 Å². The molecule has 25 heavy (non-hydrogen) atoms. The molecule has 7 nitrogen and oxygen atoms in total. The molecule has 0 radical (unpaired) electrons. The Kier molecular flexibility index (Phi) is 8.10. The Bertz CT molecular complexity index is 669. The summed E-state index contributed by atoms with van der Waals surface area (Å²) >= 11 is 0. The first-order chi connectivity index (χ1) is 11.9. The lowest BCUT2D eigenvalue weighted by Crippen LogP contribution is -2.38. The van der Waals surface area contributed by atoms with Crippen molar-refractivity contribution < 1.29 is 0 Å². The molecule has 3 rings (SSSR count). The summed E-state index contributed by atoms with van der Waals surface area (Å²) < 4.78 is 2.25. The molecule has 2 aromatic rings. The second-order valence-corrected chi connectivity index (χ2v) is 5.92. The van der Waals surface area contributed by atoms with Gasteiger partial charge in [0.1, 0.15) is 5.82 Å². The Labute approximate surface area is 165 Å². The van der Waals surface area contributed by atoms with E-state index in [1.807, 2.05) is 24.4 Å². The van der Waals surface area contributed by atoms with Crippen molar-refractivity contribution >= 4 is 29.9 Å². The zero-order valence-electron chi connectivity index (χ0n) is 14.6. The van der Waals surface area contributed by atoms with Gasteiger partial charge < -0.3 is 15.2 Å². The lowest BCUT2D eigenvalue weighted by atomic mass is 10.2. The van der Waals surface area contributed by atoms with E-state index in [1.54, 1.807) is 7.05 Å². The highest BCUT2D eigenvalue weighted by Gasteiger charge is 2.14. The van der Waals surface area contributed by atoms with E-state index < -0.39 is 0 Å². The second kappa shape index (κ2) is 10.3. The van der Waals surface area contributed by atoms with E-state index in [9.17, 15) is 0 Å². The number of nitrogens with zero attached hydrogens (tertiary/aromatic N) is 5. The molecule has 0 fully saturated rings. The Morgan fingerprint density at radius 1 is 1.20 bits per heavy atom. The zero-order chi connectivity index (χ0) is 16.6. The first kappa shape index (κ1) is 19.6. The van der Waals surface area contributed by atoms with E-state index in [-0.39, 0.29) is 24.0 Å². The van der Waals surface area contributed by atoms with E-state index in [2.05, 4.69) is 35.4 Å². The summed E-state index contributed by atoms with van der Waals surface area (Å²) in [6, 6.07) is 5.97. The van der Waals surface area contributed by atoms with Gasteiger partial charge in [0.05, 0.1) is 6.54 Å². The summed E-state index contributed by atoms with van der Waals surface area (Å²) in [4.78, 5) is 8.59. The fraction of sp³-hybridized carbons (Fsp3) is 0.529. The largest absolute Gasteiger partial charge is 0.356 e. The molecular weight excluding hydrogens is 429 g/mol. The van der Waals surface area contributed by atoms with E-state index in [1.165, 1.54) is 19.3 Å². The maximum atomic E-state index is 4.33. The van der Waals surface area contributed by atoms with Crippen LogP contribution in [0.4, 0.5) is 0 Å². The molecule has 0 saturated carbocycles. The van der Waals surface area contributed by atoms with Crippen LogP contribution in [-0.2, 0) is 25.9 Å². The molecule has 0 aromatic carbocycles. The number of rotatable bonds is 5. The first-order valence-corrected chi connectivity index (χ1v) is 8.62. The van der Waals surface area contributed by atoms with Gasteiger partial charge in [-0.05, 0) is 25.0 Å². The van der Waals surface area contributed by atoms with E-state index in [0.29, 0.717) is 6.54 Å². The first-order valence-electron chi connectivity index (χ1n) is 8.62. The van der Waals surface area contributed by atoms with Crippen LogP contribution in [0.15, 0.2) is 29.4 Å². The normalized spacial score (nSPS) is 14.2. The Balaban J connectivity index is 0.00000225. The minimum Gasteiger partial charge on any atom is -0.356 e. The van der Waals surface area contributed by atoms with Crippen molar-refractivity contribution in [2.45, 2.75) is 45.2 Å². The number of fused-ring (bicyclic) bond motifs is 1. The lowest BCUT2D eigenvalue weighted by molar-refractivity contribution is 0.596. The summed E-state index contributed by atoms with van der Waals surface area (Å²) in [5, 5.41) is 15.3. The highest BCUT2D eigenvalue weighted by atomic mass is 127. The molecular formula is C17H26IN7. The van der Waals surface area contributed by atoms with Gasteiger partial charge in [0, 0.05) is 44.9 Å². The van der Waals surface area contributed by atoms with Crippen LogP contribution in [0, 0.1) is 0 Å². The van der Waals surface area contributed by atoms with Gasteiger partial charge in [-0.3, -0.25) is 9.98 Å². The van der Waals surface area contributed by atoms with Gasteiger partial charge in [-0.15, -0.1) is 34.2 Å². The van der Waals surface area contributed by atoms with Crippen LogP contribution >= 0.6 is 24.0 Å². The van der Waals surface area contributed by atoms with Crippen LogP contribution < -0.4 is 10.6 Å². The van der Waals surface area contributed by atoms with Gasteiger partial charge in [0.25, 0.3) is 0 Å². The molecule has 0 bridgehead atoms. The maximum absolute atomic E-state index is 4.33. The molecule has 0 aliphatic carbocycles. The molecule has 0 atom stereocenters. The Hall–Kier alpha value is -1.71. The molecule has 0 unspecified atom stereocenters. The third-order valence-electron chi connectivity index (χ3n) is 4.22. The van der Waals surface area contributed by atoms with Crippen molar-refractivity contribution in [3.8, 4) is 0 Å². The molecule has 0 spiro atoms. The average Bonchev–Trinajstić information content (AvgIpc) is 2.85. The summed E-state index contributed by atoms with van der Waals surface area (Å²) in [6.45, 7) is 2.44. The number of halogens is 1. The van der Waals surface area contributed by atoms with Gasteiger partial charge in [0.2, 0.25) is 0 Å². The third kappa shape index (κ3) is 5.65. The Morgan fingerprint density at radius 3 is 2.92 bits per heavy atom. The number of hydrogen-bond acceptors (Lipinski definition) is 4. The van der Waals surface area contributed by atoms with E-state index >= 15 is 0 Å². The molecule has 2 N–H and O–H groups in total. The van der Waals surface area contributed by atoms with E-state index in [4.69, 9.17) is 0 Å². The van der Waals surface area contributed by atoms with Crippen LogP contribution in [-0.4, -0.2) is 39.3 Å². The summed E-state index contributed by atoms with van der Waals surface area (Å²) in [7, 11) is 1.78. The minimum absolute atomic E-state index is 0. The molecule has 1 aliphatic rings. The van der Waals surface area contributed by atoms with Gasteiger partial charge >= 0.3 is 0 Å². The molecule has 8 heteroatoms. The SMILES string of the molecule is CN=C(NCCc1ccccn1)NCc1nnc2n1CCCCC2.I. The predicted octanol–water partition coefficient (Wildman–Crippen LogP) is 1.93. The summed E-state index contributed by atoms with van der Waals surface area (Å²) in [6.07, 6.45) is 7.40. The van der Waals surface area contributed by atoms with Crippen molar-refractivity contribution in [3.63, 3.8) is 0 Å². The number of guanidine groups is 1. The fourth-order valence-corrected chi connectivity index (χ4v) is 2.91. The van der Waals surface area contributed by atoms with Gasteiger partial charge in [-0.2, -0.15) is 0 Å². The highest BCUT2D eigenvalue weighted by Crippen LogP contribution is 2.14. The zero-order valence-corrected chi connectivity index (χ0v) is 16.9. The quantitative estimate of drug-likeness (QED) is 0.409. The number of aliphatic imine (C=N–C) groups is 1.